The minimum absolute atomic E-state index is 0.138. The molecule has 4 nitrogen and oxygen atoms in total. The predicted molar refractivity (Wildman–Crippen MR) is 81.9 cm³/mol. The first-order valence-corrected chi connectivity index (χ1v) is 8.53. The fourth-order valence-corrected chi connectivity index (χ4v) is 4.42. The van der Waals surface area contributed by atoms with Gasteiger partial charge in [-0.25, -0.2) is 0 Å². The second-order valence-electron chi connectivity index (χ2n) is 7.07. The summed E-state index contributed by atoms with van der Waals surface area (Å²) in [6.45, 7) is 7.60. The van der Waals surface area contributed by atoms with Crippen LogP contribution < -0.4 is 0 Å². The maximum Gasteiger partial charge on any atom is 0.0664 e. The van der Waals surface area contributed by atoms with Gasteiger partial charge < -0.3 is 10.0 Å². The largest absolute Gasteiger partial charge is 0.392 e. The highest BCUT2D eigenvalue weighted by molar-refractivity contribution is 4.97. The summed E-state index contributed by atoms with van der Waals surface area (Å²) in [7, 11) is 2.32. The number of β-amino-alcohol motifs (C(OH)–C–C–N with tert-alkyl or cyclic N) is 1. The number of piperidine rings is 1. The fourth-order valence-electron chi connectivity index (χ4n) is 4.42. The van der Waals surface area contributed by atoms with Crippen molar-refractivity contribution in [2.24, 2.45) is 0 Å². The number of hydrogen-bond acceptors (Lipinski definition) is 4. The molecule has 0 aromatic rings. The lowest BCUT2D eigenvalue weighted by Gasteiger charge is -2.45. The Hall–Kier alpha value is -0.160. The zero-order valence-corrected chi connectivity index (χ0v) is 13.2. The molecule has 1 N–H and O–H groups in total. The molecule has 3 rings (SSSR count). The van der Waals surface area contributed by atoms with E-state index in [2.05, 4.69) is 28.7 Å². The summed E-state index contributed by atoms with van der Waals surface area (Å²) in [6.07, 6.45) is 6.33. The zero-order chi connectivity index (χ0) is 14.1. The Morgan fingerprint density at radius 3 is 2.15 bits per heavy atom. The van der Waals surface area contributed by atoms with E-state index in [1.807, 2.05) is 0 Å². The van der Waals surface area contributed by atoms with Crippen LogP contribution in [0.4, 0.5) is 0 Å². The standard InChI is InChI=1S/C16H31N3O/c1-3-16(20)12-18-6-8-19(9-7-18)15-10-13-4-5-14(11-15)17(13)2/h13-16,20H,3-12H2,1-2H3. The fraction of sp³-hybridized carbons (Fsp3) is 1.00. The number of aliphatic hydroxyl groups excluding tert-OH is 1. The first-order chi connectivity index (χ1) is 9.67. The van der Waals surface area contributed by atoms with Gasteiger partial charge in [0.2, 0.25) is 0 Å². The van der Waals surface area contributed by atoms with Crippen molar-refractivity contribution in [2.75, 3.05) is 39.8 Å². The molecule has 3 aliphatic heterocycles. The molecule has 2 bridgehead atoms. The molecule has 4 heteroatoms. The molecule has 3 fully saturated rings. The Balaban J connectivity index is 1.47. The van der Waals surface area contributed by atoms with E-state index < -0.39 is 0 Å². The van der Waals surface area contributed by atoms with Gasteiger partial charge in [-0.3, -0.25) is 9.80 Å². The Morgan fingerprint density at radius 2 is 1.60 bits per heavy atom. The van der Waals surface area contributed by atoms with Crippen LogP contribution in [0.5, 0.6) is 0 Å². The van der Waals surface area contributed by atoms with Crippen molar-refractivity contribution in [3.05, 3.63) is 0 Å². The number of hydrogen-bond donors (Lipinski definition) is 1. The summed E-state index contributed by atoms with van der Waals surface area (Å²) in [5, 5.41) is 9.77. The van der Waals surface area contributed by atoms with Crippen LogP contribution in [-0.4, -0.2) is 83.8 Å². The number of piperazine rings is 1. The Morgan fingerprint density at radius 1 is 1.00 bits per heavy atom. The van der Waals surface area contributed by atoms with Gasteiger partial charge in [0.05, 0.1) is 6.10 Å². The second-order valence-corrected chi connectivity index (χ2v) is 7.07. The quantitative estimate of drug-likeness (QED) is 0.833. The molecule has 3 atom stereocenters. The third kappa shape index (κ3) is 3.03. The smallest absolute Gasteiger partial charge is 0.0664 e. The average Bonchev–Trinajstić information content (AvgIpc) is 2.68. The number of rotatable bonds is 4. The second kappa shape index (κ2) is 6.30. The van der Waals surface area contributed by atoms with E-state index in [1.54, 1.807) is 0 Å². The van der Waals surface area contributed by atoms with Crippen molar-refractivity contribution in [2.45, 2.75) is 63.3 Å². The molecule has 3 unspecified atom stereocenters. The van der Waals surface area contributed by atoms with Crippen LogP contribution in [0.25, 0.3) is 0 Å². The monoisotopic (exact) mass is 281 g/mol. The highest BCUT2D eigenvalue weighted by Gasteiger charge is 2.40. The molecule has 0 saturated carbocycles. The lowest BCUT2D eigenvalue weighted by atomic mass is 9.96. The Bertz CT molecular complexity index is 303. The highest BCUT2D eigenvalue weighted by Crippen LogP contribution is 2.36. The minimum atomic E-state index is -0.138. The summed E-state index contributed by atoms with van der Waals surface area (Å²) in [5.74, 6) is 0. The van der Waals surface area contributed by atoms with Gasteiger partial charge in [-0.05, 0) is 39.2 Å². The molecule has 3 heterocycles. The van der Waals surface area contributed by atoms with E-state index in [0.29, 0.717) is 0 Å². The number of nitrogens with zero attached hydrogens (tertiary/aromatic N) is 3. The van der Waals surface area contributed by atoms with E-state index in [1.165, 1.54) is 38.8 Å². The summed E-state index contributed by atoms with van der Waals surface area (Å²) >= 11 is 0. The third-order valence-electron chi connectivity index (χ3n) is 5.94. The number of fused-ring (bicyclic) bond motifs is 2. The van der Waals surface area contributed by atoms with Crippen molar-refractivity contribution in [3.63, 3.8) is 0 Å². The summed E-state index contributed by atoms with van der Waals surface area (Å²) in [5.41, 5.74) is 0. The van der Waals surface area contributed by atoms with Crippen LogP contribution in [-0.2, 0) is 0 Å². The van der Waals surface area contributed by atoms with Crippen LogP contribution >= 0.6 is 0 Å². The first-order valence-electron chi connectivity index (χ1n) is 8.53. The van der Waals surface area contributed by atoms with Crippen molar-refractivity contribution in [1.29, 1.82) is 0 Å². The Kier molecular flexibility index (Phi) is 4.65. The van der Waals surface area contributed by atoms with Crippen molar-refractivity contribution in [3.8, 4) is 0 Å². The molecular weight excluding hydrogens is 250 g/mol. The van der Waals surface area contributed by atoms with E-state index in [-0.39, 0.29) is 6.10 Å². The number of aliphatic hydroxyl groups is 1. The lowest BCUT2D eigenvalue weighted by molar-refractivity contribution is 0.0246. The predicted octanol–water partition coefficient (Wildman–Crippen LogP) is 1.00. The van der Waals surface area contributed by atoms with E-state index in [4.69, 9.17) is 0 Å². The topological polar surface area (TPSA) is 30.0 Å². The van der Waals surface area contributed by atoms with Gasteiger partial charge in [0, 0.05) is 50.8 Å². The van der Waals surface area contributed by atoms with Crippen LogP contribution in [0, 0.1) is 0 Å². The van der Waals surface area contributed by atoms with E-state index >= 15 is 0 Å². The minimum Gasteiger partial charge on any atom is -0.392 e. The van der Waals surface area contributed by atoms with Crippen LogP contribution in [0.1, 0.15) is 39.0 Å². The maximum absolute atomic E-state index is 9.77. The van der Waals surface area contributed by atoms with E-state index in [0.717, 1.165) is 44.2 Å². The SMILES string of the molecule is CCC(O)CN1CCN(C2CC3CCC(C2)N3C)CC1. The zero-order valence-electron chi connectivity index (χ0n) is 13.2. The first kappa shape index (κ1) is 14.8. The molecule has 0 aromatic carbocycles. The Labute approximate surface area is 123 Å². The van der Waals surface area contributed by atoms with Crippen LogP contribution in [0.2, 0.25) is 0 Å². The molecule has 116 valence electrons. The van der Waals surface area contributed by atoms with Crippen LogP contribution in [0.3, 0.4) is 0 Å². The molecule has 3 saturated heterocycles. The average molecular weight is 281 g/mol. The highest BCUT2D eigenvalue weighted by atomic mass is 16.3. The van der Waals surface area contributed by atoms with Gasteiger partial charge in [0.25, 0.3) is 0 Å². The van der Waals surface area contributed by atoms with Gasteiger partial charge in [-0.15, -0.1) is 0 Å². The van der Waals surface area contributed by atoms with Crippen molar-refractivity contribution >= 4 is 0 Å². The molecule has 3 aliphatic rings. The summed E-state index contributed by atoms with van der Waals surface area (Å²) < 4.78 is 0. The molecule has 20 heavy (non-hydrogen) atoms. The van der Waals surface area contributed by atoms with Gasteiger partial charge >= 0.3 is 0 Å². The van der Waals surface area contributed by atoms with Gasteiger partial charge in [-0.1, -0.05) is 6.92 Å². The summed E-state index contributed by atoms with van der Waals surface area (Å²) in [4.78, 5) is 7.80. The summed E-state index contributed by atoms with van der Waals surface area (Å²) in [6, 6.07) is 2.51. The van der Waals surface area contributed by atoms with Crippen molar-refractivity contribution in [1.82, 2.24) is 14.7 Å². The van der Waals surface area contributed by atoms with E-state index in [9.17, 15) is 5.11 Å². The molecule has 0 aromatic heterocycles. The van der Waals surface area contributed by atoms with Gasteiger partial charge in [-0.2, -0.15) is 0 Å². The molecule has 0 radical (unpaired) electrons. The molecule has 0 aliphatic carbocycles. The normalized spacial score (nSPS) is 38.2. The lowest BCUT2D eigenvalue weighted by Crippen LogP contribution is -2.55. The van der Waals surface area contributed by atoms with Crippen LogP contribution in [0.15, 0.2) is 0 Å². The molecular formula is C16H31N3O. The van der Waals surface area contributed by atoms with Crippen molar-refractivity contribution < 1.29 is 5.11 Å². The third-order valence-corrected chi connectivity index (χ3v) is 5.94. The molecule has 0 amide bonds. The molecule has 0 spiro atoms. The van der Waals surface area contributed by atoms with Gasteiger partial charge in [0.1, 0.15) is 0 Å². The maximum atomic E-state index is 9.77. The van der Waals surface area contributed by atoms with Gasteiger partial charge in [0.15, 0.2) is 0 Å².